The molecular formula is C32H35F3N2O5. The third-order valence-corrected chi connectivity index (χ3v) is 10.3. The van der Waals surface area contributed by atoms with Crippen molar-refractivity contribution >= 4 is 12.0 Å². The van der Waals surface area contributed by atoms with E-state index in [-0.39, 0.29) is 23.7 Å². The highest BCUT2D eigenvalue weighted by atomic mass is 19.4. The smallest absolute Gasteiger partial charge is 0.493 e. The Labute approximate surface area is 242 Å². The number of halogens is 3. The van der Waals surface area contributed by atoms with Crippen molar-refractivity contribution in [2.45, 2.75) is 74.1 Å². The molecule has 0 aromatic heterocycles. The third kappa shape index (κ3) is 4.20. The average Bonchev–Trinajstić information content (AvgIpc) is 3.69. The molecular weight excluding hydrogens is 549 g/mol. The van der Waals surface area contributed by atoms with Crippen molar-refractivity contribution in [3.8, 4) is 17.2 Å². The number of likely N-dealkylation sites (N-methyl/N-ethyl adjacent to an activating group) is 1. The van der Waals surface area contributed by atoms with Crippen molar-refractivity contribution in [2.75, 3.05) is 27.2 Å². The summed E-state index contributed by atoms with van der Waals surface area (Å²) in [6.45, 7) is 1.87. The van der Waals surface area contributed by atoms with Crippen molar-refractivity contribution in [1.82, 2.24) is 9.80 Å². The summed E-state index contributed by atoms with van der Waals surface area (Å²) in [7, 11) is 3.35. The van der Waals surface area contributed by atoms with E-state index in [0.29, 0.717) is 35.8 Å². The lowest BCUT2D eigenvalue weighted by atomic mass is 9.48. The fourth-order valence-electron chi connectivity index (χ4n) is 8.27. The summed E-state index contributed by atoms with van der Waals surface area (Å²) >= 11 is 0. The molecule has 3 fully saturated rings. The van der Waals surface area contributed by atoms with Gasteiger partial charge in [0.25, 0.3) is 0 Å². The van der Waals surface area contributed by atoms with Gasteiger partial charge in [-0.2, -0.15) is 0 Å². The lowest BCUT2D eigenvalue weighted by Gasteiger charge is -2.64. The van der Waals surface area contributed by atoms with Gasteiger partial charge in [-0.1, -0.05) is 18.2 Å². The first-order valence-corrected chi connectivity index (χ1v) is 14.7. The predicted octanol–water partition coefficient (Wildman–Crippen LogP) is 4.70. The van der Waals surface area contributed by atoms with E-state index in [1.165, 1.54) is 48.8 Å². The highest BCUT2D eigenvalue weighted by Gasteiger charge is 2.73. The molecule has 42 heavy (non-hydrogen) atoms. The van der Waals surface area contributed by atoms with E-state index in [9.17, 15) is 23.1 Å². The minimum absolute atomic E-state index is 0.0159. The first-order chi connectivity index (χ1) is 20.0. The minimum atomic E-state index is -4.80. The van der Waals surface area contributed by atoms with Crippen molar-refractivity contribution in [2.24, 2.45) is 5.92 Å². The van der Waals surface area contributed by atoms with Gasteiger partial charge in [-0.15, -0.1) is 13.2 Å². The zero-order chi connectivity index (χ0) is 29.4. The van der Waals surface area contributed by atoms with Crippen molar-refractivity contribution in [1.29, 1.82) is 0 Å². The van der Waals surface area contributed by atoms with Gasteiger partial charge in [-0.3, -0.25) is 9.69 Å². The molecule has 5 atom stereocenters. The van der Waals surface area contributed by atoms with Crippen LogP contribution in [0.3, 0.4) is 0 Å². The van der Waals surface area contributed by atoms with Crippen LogP contribution in [-0.4, -0.2) is 78.2 Å². The van der Waals surface area contributed by atoms with Gasteiger partial charge >= 0.3 is 6.36 Å². The normalized spacial score (nSPS) is 31.4. The molecule has 0 radical (unpaired) electrons. The number of piperidine rings is 1. The summed E-state index contributed by atoms with van der Waals surface area (Å²) in [6, 6.07) is 9.21. The Morgan fingerprint density at radius 2 is 2.02 bits per heavy atom. The first-order valence-electron chi connectivity index (χ1n) is 14.7. The Balaban J connectivity index is 1.19. The summed E-state index contributed by atoms with van der Waals surface area (Å²) in [4.78, 5) is 17.6. The van der Waals surface area contributed by atoms with Gasteiger partial charge < -0.3 is 24.2 Å². The summed E-state index contributed by atoms with van der Waals surface area (Å²) in [5, 5.41) is 12.7. The van der Waals surface area contributed by atoms with Crippen LogP contribution in [0.15, 0.2) is 42.5 Å². The maximum atomic E-state index is 13.5. The first kappa shape index (κ1) is 27.6. The number of nitrogens with zero attached hydrogens (tertiary/aromatic N) is 2. The number of aliphatic hydroxyl groups is 1. The van der Waals surface area contributed by atoms with Crippen LogP contribution in [-0.2, 0) is 16.6 Å². The highest BCUT2D eigenvalue weighted by Crippen LogP contribution is 2.66. The molecule has 3 aliphatic carbocycles. The molecule has 2 aromatic rings. The zero-order valence-electron chi connectivity index (χ0n) is 23.7. The van der Waals surface area contributed by atoms with Crippen LogP contribution in [0.4, 0.5) is 13.2 Å². The number of ether oxygens (including phenoxy) is 3. The van der Waals surface area contributed by atoms with Gasteiger partial charge in [-0.05, 0) is 86.4 Å². The molecule has 1 amide bonds. The Hall–Kier alpha value is -3.24. The largest absolute Gasteiger partial charge is 0.573 e. The number of rotatable bonds is 7. The second kappa shape index (κ2) is 9.64. The molecule has 1 spiro atoms. The number of hydrogen-bond donors (Lipinski definition) is 1. The van der Waals surface area contributed by atoms with Crippen molar-refractivity contribution < 1.29 is 37.3 Å². The van der Waals surface area contributed by atoms with Crippen LogP contribution < -0.4 is 14.2 Å². The summed E-state index contributed by atoms with van der Waals surface area (Å²) in [6.07, 6.45) is 2.67. The fraction of sp³-hybridized carbons (Fsp3) is 0.531. The number of carbonyl (C=O) groups excluding carboxylic acids is 1. The molecule has 2 aliphatic heterocycles. The standard InChI is InChI=1S/C32H35F3N2O5/c1-36(26(38)11-8-19-4-3-5-22(16-19)42-32(33,34)35)23-12-13-31(39)25-17-21-9-10-24(40-2)28-27(21)30(31,29(23)41-28)14-15-37(25)18-20-6-7-20/h3-5,8-11,16,20,23,25,29,39H,6-7,12-15,17-18H2,1-2H3/b11-8+/t23?,25-,29?,30+,31-/m1/s1. The van der Waals surface area contributed by atoms with Gasteiger partial charge in [0.05, 0.1) is 24.2 Å². The van der Waals surface area contributed by atoms with Crippen molar-refractivity contribution in [3.63, 3.8) is 0 Å². The van der Waals surface area contributed by atoms with Gasteiger partial charge in [-0.25, -0.2) is 0 Å². The number of hydrogen-bond acceptors (Lipinski definition) is 6. The highest BCUT2D eigenvalue weighted by molar-refractivity contribution is 5.92. The van der Waals surface area contributed by atoms with E-state index in [2.05, 4.69) is 15.7 Å². The minimum Gasteiger partial charge on any atom is -0.493 e. The molecule has 5 aliphatic rings. The maximum Gasteiger partial charge on any atom is 0.573 e. The molecule has 2 bridgehead atoms. The Kier molecular flexibility index (Phi) is 6.33. The topological polar surface area (TPSA) is 71.5 Å². The van der Waals surface area contributed by atoms with E-state index in [1.807, 2.05) is 6.07 Å². The number of methoxy groups -OCH3 is 1. The molecule has 2 unspecified atom stereocenters. The molecule has 7 nitrogen and oxygen atoms in total. The van der Waals surface area contributed by atoms with Crippen LogP contribution in [0.5, 0.6) is 17.2 Å². The zero-order valence-corrected chi connectivity index (χ0v) is 23.7. The molecule has 2 aromatic carbocycles. The molecule has 10 heteroatoms. The molecule has 2 heterocycles. The van der Waals surface area contributed by atoms with Crippen LogP contribution in [0.25, 0.3) is 6.08 Å². The second-order valence-electron chi connectivity index (χ2n) is 12.5. The number of amides is 1. The van der Waals surface area contributed by atoms with Crippen LogP contribution in [0.2, 0.25) is 0 Å². The van der Waals surface area contributed by atoms with Gasteiger partial charge in [0.15, 0.2) is 11.5 Å². The second-order valence-corrected chi connectivity index (χ2v) is 12.5. The maximum absolute atomic E-state index is 13.5. The molecule has 7 rings (SSSR count). The third-order valence-electron chi connectivity index (χ3n) is 10.3. The Morgan fingerprint density at radius 1 is 1.21 bits per heavy atom. The monoisotopic (exact) mass is 584 g/mol. The van der Waals surface area contributed by atoms with E-state index in [0.717, 1.165) is 31.5 Å². The van der Waals surface area contributed by atoms with E-state index in [4.69, 9.17) is 9.47 Å². The average molecular weight is 585 g/mol. The molecule has 2 saturated carbocycles. The van der Waals surface area contributed by atoms with Crippen molar-refractivity contribution in [3.05, 3.63) is 59.2 Å². The SMILES string of the molecule is COc1ccc2c3c1OC1C(N(C)C(=O)/C=C/c4cccc(OC(F)(F)F)c4)CC[C@@]4(O)[C@@H](C2)N(CC2CC2)CC[C@]314. The molecule has 1 saturated heterocycles. The van der Waals surface area contributed by atoms with Crippen LogP contribution in [0.1, 0.15) is 48.8 Å². The number of carbonyl (C=O) groups is 1. The van der Waals surface area contributed by atoms with E-state index >= 15 is 0 Å². The molecule has 1 N–H and O–H groups in total. The summed E-state index contributed by atoms with van der Waals surface area (Å²) in [5.41, 5.74) is 0.967. The molecule has 224 valence electrons. The number of alkyl halides is 3. The predicted molar refractivity (Wildman–Crippen MR) is 148 cm³/mol. The quantitative estimate of drug-likeness (QED) is 0.476. The summed E-state index contributed by atoms with van der Waals surface area (Å²) < 4.78 is 54.5. The van der Waals surface area contributed by atoms with E-state index < -0.39 is 23.5 Å². The Bertz CT molecular complexity index is 1440. The van der Waals surface area contributed by atoms with Gasteiger partial charge in [0.2, 0.25) is 5.91 Å². The van der Waals surface area contributed by atoms with Gasteiger partial charge in [0.1, 0.15) is 11.9 Å². The van der Waals surface area contributed by atoms with E-state index in [1.54, 1.807) is 25.1 Å². The van der Waals surface area contributed by atoms with Gasteiger partial charge in [0, 0.05) is 31.3 Å². The van der Waals surface area contributed by atoms with Crippen LogP contribution in [0, 0.1) is 5.92 Å². The number of benzene rings is 2. The lowest BCUT2D eigenvalue weighted by Crippen LogP contribution is -2.78. The lowest BCUT2D eigenvalue weighted by molar-refractivity contribution is -0.274. The van der Waals surface area contributed by atoms with Crippen LogP contribution >= 0.6 is 0 Å². The Morgan fingerprint density at radius 3 is 2.76 bits per heavy atom. The fourth-order valence-corrected chi connectivity index (χ4v) is 8.27. The number of likely N-dealkylation sites (tertiary alicyclic amines) is 1. The summed E-state index contributed by atoms with van der Waals surface area (Å²) in [5.74, 6) is 1.37.